The monoisotopic (exact) mass is 355 g/mol. The summed E-state index contributed by atoms with van der Waals surface area (Å²) in [6.07, 6.45) is 4.05. The number of methoxy groups -OCH3 is 1. The van der Waals surface area contributed by atoms with Gasteiger partial charge in [-0.25, -0.2) is 0 Å². The average molecular weight is 355 g/mol. The number of nitrogens with zero attached hydrogens (tertiary/aromatic N) is 1. The summed E-state index contributed by atoms with van der Waals surface area (Å²) in [7, 11) is 1.80. The molecule has 0 aliphatic carbocycles. The van der Waals surface area contributed by atoms with Crippen LogP contribution < -0.4 is 0 Å². The van der Waals surface area contributed by atoms with Gasteiger partial charge >= 0.3 is 0 Å². The first-order valence-corrected chi connectivity index (χ1v) is 9.50. The van der Waals surface area contributed by atoms with Crippen molar-refractivity contribution in [2.24, 2.45) is 0 Å². The molecular formula is C25H25NO. The molecule has 0 saturated carbocycles. The van der Waals surface area contributed by atoms with E-state index < -0.39 is 0 Å². The summed E-state index contributed by atoms with van der Waals surface area (Å²) in [6, 6.07) is 25.9. The fourth-order valence-corrected chi connectivity index (χ4v) is 3.97. The quantitative estimate of drug-likeness (QED) is 0.355. The number of para-hydroxylation sites is 1. The van der Waals surface area contributed by atoms with E-state index in [1.807, 2.05) is 12.1 Å². The lowest BCUT2D eigenvalue weighted by Gasteiger charge is -2.15. The van der Waals surface area contributed by atoms with E-state index in [0.717, 1.165) is 19.4 Å². The number of fused-ring (bicyclic) bond motifs is 3. The van der Waals surface area contributed by atoms with Gasteiger partial charge in [0.1, 0.15) is 0 Å². The smallest absolute Gasteiger partial charge is 0.0824 e. The van der Waals surface area contributed by atoms with Gasteiger partial charge < -0.3 is 9.30 Å². The summed E-state index contributed by atoms with van der Waals surface area (Å²) in [5.74, 6) is 0. The normalized spacial score (nSPS) is 12.5. The number of benzene rings is 3. The minimum Gasteiger partial charge on any atom is -0.377 e. The topological polar surface area (TPSA) is 14.2 Å². The third kappa shape index (κ3) is 3.41. The van der Waals surface area contributed by atoms with Gasteiger partial charge in [-0.2, -0.15) is 0 Å². The van der Waals surface area contributed by atoms with Gasteiger partial charge in [-0.1, -0.05) is 60.7 Å². The number of allylic oxidation sites excluding steroid dienone is 1. The molecule has 0 saturated heterocycles. The van der Waals surface area contributed by atoms with E-state index in [0.29, 0.717) is 0 Å². The Morgan fingerprint density at radius 2 is 1.67 bits per heavy atom. The van der Waals surface area contributed by atoms with Crippen molar-refractivity contribution in [3.05, 3.63) is 96.6 Å². The Balaban J connectivity index is 1.65. The van der Waals surface area contributed by atoms with Crippen molar-refractivity contribution < 1.29 is 4.74 Å². The Morgan fingerprint density at radius 3 is 2.44 bits per heavy atom. The van der Waals surface area contributed by atoms with Gasteiger partial charge in [-0.15, -0.1) is 6.58 Å². The highest BCUT2D eigenvalue weighted by Crippen LogP contribution is 2.31. The zero-order valence-corrected chi connectivity index (χ0v) is 15.8. The summed E-state index contributed by atoms with van der Waals surface area (Å²) in [6.45, 7) is 4.74. The second-order valence-electron chi connectivity index (χ2n) is 6.94. The van der Waals surface area contributed by atoms with E-state index in [1.165, 1.54) is 32.9 Å². The van der Waals surface area contributed by atoms with Crippen LogP contribution in [0.5, 0.6) is 0 Å². The minimum atomic E-state index is 0.129. The number of aryl methyl sites for hydroxylation is 1. The van der Waals surface area contributed by atoms with E-state index in [1.54, 1.807) is 7.11 Å². The van der Waals surface area contributed by atoms with E-state index in [2.05, 4.69) is 77.9 Å². The maximum absolute atomic E-state index is 5.74. The predicted molar refractivity (Wildman–Crippen MR) is 114 cm³/mol. The zero-order chi connectivity index (χ0) is 18.6. The van der Waals surface area contributed by atoms with Crippen molar-refractivity contribution in [1.29, 1.82) is 0 Å². The van der Waals surface area contributed by atoms with Crippen LogP contribution in [-0.4, -0.2) is 11.7 Å². The Bertz CT molecular complexity index is 1060. The maximum Gasteiger partial charge on any atom is 0.0824 e. The molecule has 0 radical (unpaired) electrons. The lowest BCUT2D eigenvalue weighted by atomic mass is 10.00. The van der Waals surface area contributed by atoms with Crippen LogP contribution in [0, 0.1) is 0 Å². The Kier molecular flexibility index (Phi) is 5.08. The molecular weight excluding hydrogens is 330 g/mol. The van der Waals surface area contributed by atoms with Crippen LogP contribution in [0.3, 0.4) is 0 Å². The van der Waals surface area contributed by atoms with Crippen LogP contribution in [-0.2, 0) is 17.7 Å². The molecule has 136 valence electrons. The van der Waals surface area contributed by atoms with Crippen LogP contribution in [0.25, 0.3) is 21.8 Å². The molecule has 4 rings (SSSR count). The van der Waals surface area contributed by atoms with Crippen molar-refractivity contribution >= 4 is 21.8 Å². The number of aromatic nitrogens is 1. The van der Waals surface area contributed by atoms with Crippen LogP contribution in [0.4, 0.5) is 0 Å². The summed E-state index contributed by atoms with van der Waals surface area (Å²) in [5, 5.41) is 2.63. The second kappa shape index (κ2) is 7.81. The van der Waals surface area contributed by atoms with Crippen LogP contribution in [0.15, 0.2) is 85.5 Å². The summed E-state index contributed by atoms with van der Waals surface area (Å²) >= 11 is 0. The maximum atomic E-state index is 5.74. The highest BCUT2D eigenvalue weighted by Gasteiger charge is 2.13. The molecule has 0 fully saturated rings. The van der Waals surface area contributed by atoms with Gasteiger partial charge in [-0.3, -0.25) is 0 Å². The molecule has 0 bridgehead atoms. The van der Waals surface area contributed by atoms with Crippen molar-refractivity contribution in [3.8, 4) is 0 Å². The average Bonchev–Trinajstić information content (AvgIpc) is 3.03. The first-order valence-electron chi connectivity index (χ1n) is 9.50. The molecule has 1 unspecified atom stereocenters. The minimum absolute atomic E-state index is 0.129. The molecule has 4 aromatic rings. The molecule has 27 heavy (non-hydrogen) atoms. The Morgan fingerprint density at radius 1 is 0.926 bits per heavy atom. The molecule has 1 heterocycles. The summed E-state index contributed by atoms with van der Waals surface area (Å²) in [4.78, 5) is 0. The number of ether oxygens (including phenoxy) is 1. The largest absolute Gasteiger partial charge is 0.377 e. The Labute approximate surface area is 160 Å². The highest BCUT2D eigenvalue weighted by molar-refractivity contribution is 6.08. The molecule has 1 atom stereocenters. The van der Waals surface area contributed by atoms with Crippen molar-refractivity contribution in [3.63, 3.8) is 0 Å². The first-order chi connectivity index (χ1) is 13.3. The van der Waals surface area contributed by atoms with E-state index in [-0.39, 0.29) is 6.10 Å². The van der Waals surface area contributed by atoms with E-state index >= 15 is 0 Å². The number of hydrogen-bond donors (Lipinski definition) is 0. The Hall–Kier alpha value is -2.84. The van der Waals surface area contributed by atoms with Gasteiger partial charge in [0.25, 0.3) is 0 Å². The molecule has 0 amide bonds. The van der Waals surface area contributed by atoms with Crippen molar-refractivity contribution in [1.82, 2.24) is 4.57 Å². The van der Waals surface area contributed by atoms with Gasteiger partial charge in [0.05, 0.1) is 6.10 Å². The van der Waals surface area contributed by atoms with Gasteiger partial charge in [0.2, 0.25) is 0 Å². The van der Waals surface area contributed by atoms with Crippen molar-refractivity contribution in [2.75, 3.05) is 7.11 Å². The lowest BCUT2D eigenvalue weighted by molar-refractivity contribution is 0.0959. The lowest BCUT2D eigenvalue weighted by Crippen LogP contribution is -2.03. The fraction of sp³-hybridized carbons (Fsp3) is 0.200. The second-order valence-corrected chi connectivity index (χ2v) is 6.94. The van der Waals surface area contributed by atoms with Crippen LogP contribution >= 0.6 is 0 Å². The van der Waals surface area contributed by atoms with E-state index in [4.69, 9.17) is 4.74 Å². The van der Waals surface area contributed by atoms with Crippen LogP contribution in [0.2, 0.25) is 0 Å². The van der Waals surface area contributed by atoms with Gasteiger partial charge in [0, 0.05) is 35.5 Å². The molecule has 0 aliphatic rings. The SMILES string of the molecule is C=CCn1c2ccccc2c2cc(CCC(OC)c3ccccc3)ccc21. The molecule has 0 spiro atoms. The zero-order valence-electron chi connectivity index (χ0n) is 15.8. The number of rotatable bonds is 7. The molecule has 1 aromatic heterocycles. The summed E-state index contributed by atoms with van der Waals surface area (Å²) in [5.41, 5.74) is 5.13. The van der Waals surface area contributed by atoms with Gasteiger partial charge in [0.15, 0.2) is 0 Å². The molecule has 2 heteroatoms. The van der Waals surface area contributed by atoms with Crippen molar-refractivity contribution in [2.45, 2.75) is 25.5 Å². The van der Waals surface area contributed by atoms with Gasteiger partial charge in [-0.05, 0) is 42.2 Å². The highest BCUT2D eigenvalue weighted by atomic mass is 16.5. The molecule has 0 aliphatic heterocycles. The van der Waals surface area contributed by atoms with Crippen LogP contribution in [0.1, 0.15) is 23.7 Å². The standard InChI is InChI=1S/C25H25NO/c1-3-17-26-23-12-8-7-11-21(23)22-18-19(13-15-24(22)26)14-16-25(27-2)20-9-5-4-6-10-20/h3-13,15,18,25H,1,14,16-17H2,2H3. The third-order valence-corrected chi connectivity index (χ3v) is 5.30. The predicted octanol–water partition coefficient (Wildman–Crippen LogP) is 6.30. The first kappa shape index (κ1) is 17.6. The fourth-order valence-electron chi connectivity index (χ4n) is 3.97. The molecule has 0 N–H and O–H groups in total. The third-order valence-electron chi connectivity index (χ3n) is 5.30. The number of hydrogen-bond acceptors (Lipinski definition) is 1. The summed E-state index contributed by atoms with van der Waals surface area (Å²) < 4.78 is 8.07. The molecule has 3 aromatic carbocycles. The van der Waals surface area contributed by atoms with E-state index in [9.17, 15) is 0 Å². The molecule has 2 nitrogen and oxygen atoms in total.